The molecule has 0 saturated carbocycles. The van der Waals surface area contributed by atoms with E-state index in [1.165, 1.54) is 25.3 Å². The molecule has 0 fully saturated rings. The second-order valence-corrected chi connectivity index (χ2v) is 4.93. The average molecular weight is 267 g/mol. The molecule has 1 N–H and O–H groups in total. The maximum Gasteiger partial charge on any atom is 0.165 e. The fourth-order valence-electron chi connectivity index (χ4n) is 2.42. The number of ether oxygens (including phenoxy) is 2. The lowest BCUT2D eigenvalue weighted by Crippen LogP contribution is -2.40. The first-order valence-electron chi connectivity index (χ1n) is 6.97. The summed E-state index contributed by atoms with van der Waals surface area (Å²) in [5, 5.41) is 3.47. The van der Waals surface area contributed by atoms with E-state index in [0.717, 1.165) is 18.5 Å². The first kappa shape index (κ1) is 14.1. The van der Waals surface area contributed by atoms with Crippen molar-refractivity contribution in [2.75, 3.05) is 20.3 Å². The van der Waals surface area contributed by atoms with Crippen LogP contribution in [0, 0.1) is 5.82 Å². The van der Waals surface area contributed by atoms with E-state index in [9.17, 15) is 4.39 Å². The van der Waals surface area contributed by atoms with E-state index in [1.54, 1.807) is 13.2 Å². The van der Waals surface area contributed by atoms with Crippen molar-refractivity contribution in [3.05, 3.63) is 23.5 Å². The molecule has 0 spiro atoms. The summed E-state index contributed by atoms with van der Waals surface area (Å²) in [7, 11) is 1.60. The first-order chi connectivity index (χ1) is 9.26. The third-order valence-electron chi connectivity index (χ3n) is 3.48. The van der Waals surface area contributed by atoms with Gasteiger partial charge in [0.25, 0.3) is 0 Å². The summed E-state index contributed by atoms with van der Waals surface area (Å²) in [5.41, 5.74) is 0.835. The number of rotatable bonds is 6. The van der Waals surface area contributed by atoms with Crippen molar-refractivity contribution >= 4 is 0 Å². The smallest absolute Gasteiger partial charge is 0.165 e. The lowest BCUT2D eigenvalue weighted by atomic mass is 10.0. The summed E-state index contributed by atoms with van der Waals surface area (Å²) in [6, 6.07) is 3.30. The highest BCUT2D eigenvalue weighted by molar-refractivity contribution is 5.47. The highest BCUT2D eigenvalue weighted by Gasteiger charge is 2.25. The van der Waals surface area contributed by atoms with E-state index in [4.69, 9.17) is 9.47 Å². The number of fused-ring (bicyclic) bond motifs is 1. The standard InChI is InChI=1S/C15H22FNO2/c1-3-4-5-8-17-11-9-12-14(18-2)7-6-13(16)15(12)19-10-11/h6-7,11,17H,3-5,8-10H2,1-2H3. The van der Waals surface area contributed by atoms with E-state index >= 15 is 0 Å². The Bertz CT molecular complexity index is 423. The van der Waals surface area contributed by atoms with Crippen molar-refractivity contribution in [2.24, 2.45) is 0 Å². The Balaban J connectivity index is 2.00. The molecule has 4 heteroatoms. The van der Waals surface area contributed by atoms with Gasteiger partial charge >= 0.3 is 0 Å². The van der Waals surface area contributed by atoms with Gasteiger partial charge < -0.3 is 14.8 Å². The molecule has 1 aliphatic heterocycles. The fraction of sp³-hybridized carbons (Fsp3) is 0.600. The van der Waals surface area contributed by atoms with Crippen LogP contribution < -0.4 is 14.8 Å². The van der Waals surface area contributed by atoms with Gasteiger partial charge in [0.05, 0.1) is 7.11 Å². The van der Waals surface area contributed by atoms with Crippen molar-refractivity contribution in [3.63, 3.8) is 0 Å². The van der Waals surface area contributed by atoms with Crippen LogP contribution in [0.4, 0.5) is 4.39 Å². The van der Waals surface area contributed by atoms with Crippen molar-refractivity contribution < 1.29 is 13.9 Å². The van der Waals surface area contributed by atoms with E-state index in [0.29, 0.717) is 18.1 Å². The molecule has 0 aromatic heterocycles. The largest absolute Gasteiger partial charge is 0.496 e. The molecule has 1 aromatic rings. The van der Waals surface area contributed by atoms with Gasteiger partial charge in [-0.2, -0.15) is 0 Å². The summed E-state index contributed by atoms with van der Waals surface area (Å²) in [6.07, 6.45) is 4.36. The van der Waals surface area contributed by atoms with Gasteiger partial charge in [-0.05, 0) is 31.5 Å². The molecular formula is C15H22FNO2. The summed E-state index contributed by atoms with van der Waals surface area (Å²) in [5.74, 6) is 0.752. The lowest BCUT2D eigenvalue weighted by Gasteiger charge is -2.27. The van der Waals surface area contributed by atoms with Gasteiger partial charge in [-0.3, -0.25) is 0 Å². The van der Waals surface area contributed by atoms with Crippen LogP contribution in [0.2, 0.25) is 0 Å². The molecule has 106 valence electrons. The average Bonchev–Trinajstić information content (AvgIpc) is 2.44. The Morgan fingerprint density at radius 1 is 1.42 bits per heavy atom. The lowest BCUT2D eigenvalue weighted by molar-refractivity contribution is 0.224. The van der Waals surface area contributed by atoms with Crippen LogP contribution >= 0.6 is 0 Å². The zero-order valence-electron chi connectivity index (χ0n) is 11.7. The number of benzene rings is 1. The molecule has 2 rings (SSSR count). The predicted molar refractivity (Wildman–Crippen MR) is 73.5 cm³/mol. The van der Waals surface area contributed by atoms with E-state index < -0.39 is 0 Å². The third-order valence-corrected chi connectivity index (χ3v) is 3.48. The summed E-state index contributed by atoms with van der Waals surface area (Å²) < 4.78 is 24.5. The van der Waals surface area contributed by atoms with Crippen LogP contribution in [-0.4, -0.2) is 26.3 Å². The fourth-order valence-corrected chi connectivity index (χ4v) is 2.42. The number of nitrogens with one attached hydrogen (secondary N) is 1. The van der Waals surface area contributed by atoms with Crippen LogP contribution in [0.1, 0.15) is 31.7 Å². The van der Waals surface area contributed by atoms with Crippen molar-refractivity contribution in [3.8, 4) is 11.5 Å². The molecule has 0 aliphatic carbocycles. The molecular weight excluding hydrogens is 245 g/mol. The molecule has 1 atom stereocenters. The van der Waals surface area contributed by atoms with Crippen LogP contribution in [0.15, 0.2) is 12.1 Å². The second-order valence-electron chi connectivity index (χ2n) is 4.93. The van der Waals surface area contributed by atoms with Gasteiger partial charge in [-0.15, -0.1) is 0 Å². The SMILES string of the molecule is CCCCCNC1COc2c(F)ccc(OC)c2C1. The Morgan fingerprint density at radius 2 is 2.26 bits per heavy atom. The minimum Gasteiger partial charge on any atom is -0.496 e. The molecule has 0 saturated heterocycles. The number of halogens is 1. The molecule has 1 heterocycles. The highest BCUT2D eigenvalue weighted by atomic mass is 19.1. The summed E-state index contributed by atoms with van der Waals surface area (Å²) in [6.45, 7) is 3.69. The molecule has 1 aromatic carbocycles. The minimum absolute atomic E-state index is 0.236. The molecule has 0 bridgehead atoms. The number of hydrogen-bond acceptors (Lipinski definition) is 3. The monoisotopic (exact) mass is 267 g/mol. The van der Waals surface area contributed by atoms with Crippen molar-refractivity contribution in [1.29, 1.82) is 0 Å². The van der Waals surface area contributed by atoms with Gasteiger partial charge in [0.1, 0.15) is 12.4 Å². The molecule has 0 radical (unpaired) electrons. The van der Waals surface area contributed by atoms with Crippen LogP contribution in [-0.2, 0) is 6.42 Å². The highest BCUT2D eigenvalue weighted by Crippen LogP contribution is 2.35. The number of hydrogen-bond donors (Lipinski definition) is 1. The normalized spacial score (nSPS) is 17.7. The van der Waals surface area contributed by atoms with E-state index in [2.05, 4.69) is 12.2 Å². The van der Waals surface area contributed by atoms with Gasteiger partial charge in [0, 0.05) is 11.6 Å². The Labute approximate surface area is 114 Å². The van der Waals surface area contributed by atoms with Gasteiger partial charge in [-0.25, -0.2) is 4.39 Å². The molecule has 19 heavy (non-hydrogen) atoms. The number of methoxy groups -OCH3 is 1. The zero-order valence-corrected chi connectivity index (χ0v) is 11.7. The van der Waals surface area contributed by atoms with Gasteiger partial charge in [-0.1, -0.05) is 19.8 Å². The maximum atomic E-state index is 13.7. The molecule has 3 nitrogen and oxygen atoms in total. The second kappa shape index (κ2) is 6.75. The van der Waals surface area contributed by atoms with Crippen molar-refractivity contribution in [1.82, 2.24) is 5.32 Å². The topological polar surface area (TPSA) is 30.5 Å². The molecule has 1 aliphatic rings. The van der Waals surface area contributed by atoms with Gasteiger partial charge in [0.2, 0.25) is 0 Å². The zero-order chi connectivity index (χ0) is 13.7. The molecule has 0 amide bonds. The number of unbranched alkanes of at least 4 members (excludes halogenated alkanes) is 2. The Hall–Kier alpha value is -1.29. The Kier molecular flexibility index (Phi) is 5.02. The van der Waals surface area contributed by atoms with E-state index in [1.807, 2.05) is 0 Å². The van der Waals surface area contributed by atoms with Crippen LogP contribution in [0.3, 0.4) is 0 Å². The van der Waals surface area contributed by atoms with E-state index in [-0.39, 0.29) is 11.9 Å². The minimum atomic E-state index is -0.305. The Morgan fingerprint density at radius 3 is 3.00 bits per heavy atom. The van der Waals surface area contributed by atoms with Crippen LogP contribution in [0.5, 0.6) is 11.5 Å². The van der Waals surface area contributed by atoms with Crippen LogP contribution in [0.25, 0.3) is 0 Å². The summed E-state index contributed by atoms with van der Waals surface area (Å²) in [4.78, 5) is 0. The third kappa shape index (κ3) is 3.38. The predicted octanol–water partition coefficient (Wildman–Crippen LogP) is 2.92. The molecule has 1 unspecified atom stereocenters. The summed E-state index contributed by atoms with van der Waals surface area (Å²) >= 11 is 0. The quantitative estimate of drug-likeness (QED) is 0.804. The van der Waals surface area contributed by atoms with Gasteiger partial charge in [0.15, 0.2) is 11.6 Å². The maximum absolute atomic E-state index is 13.7. The van der Waals surface area contributed by atoms with Crippen molar-refractivity contribution in [2.45, 2.75) is 38.6 Å². The first-order valence-corrected chi connectivity index (χ1v) is 6.97.